The summed E-state index contributed by atoms with van der Waals surface area (Å²) in [5.41, 5.74) is 2.55. The standard InChI is InChI=1S/C25H21Cl2FN4O2S/c26-19-8-11-22(21(27)12-19)32-23(13-29-24(33)15-34-14-17-4-2-1-3-5-17)30-31-25(32)35-16-18-6-9-20(28)10-7-18/h1-12H,13-16H2,(H,29,33). The number of carbonyl (C=O) groups is 1. The number of thioether (sulfide) groups is 1. The first-order chi connectivity index (χ1) is 17.0. The zero-order chi connectivity index (χ0) is 24.6. The summed E-state index contributed by atoms with van der Waals surface area (Å²) in [5, 5.41) is 12.9. The SMILES string of the molecule is O=C(COCc1ccccc1)NCc1nnc(SCc2ccc(F)cc2)n1-c1ccc(Cl)cc1Cl. The molecule has 6 nitrogen and oxygen atoms in total. The Morgan fingerprint density at radius 2 is 1.77 bits per heavy atom. The third-order valence-corrected chi connectivity index (χ3v) is 6.46. The molecule has 0 saturated heterocycles. The number of ether oxygens (including phenoxy) is 1. The molecule has 0 radical (unpaired) electrons. The third-order valence-electron chi connectivity index (χ3n) is 4.92. The molecule has 0 aliphatic carbocycles. The Hall–Kier alpha value is -2.91. The maximum Gasteiger partial charge on any atom is 0.246 e. The summed E-state index contributed by atoms with van der Waals surface area (Å²) >= 11 is 14.0. The predicted molar refractivity (Wildman–Crippen MR) is 135 cm³/mol. The molecule has 3 aromatic carbocycles. The van der Waals surface area contributed by atoms with E-state index < -0.39 is 0 Å². The molecule has 0 bridgehead atoms. The number of nitrogens with one attached hydrogen (secondary N) is 1. The van der Waals surface area contributed by atoms with Gasteiger partial charge in [0.05, 0.1) is 23.9 Å². The molecule has 0 fully saturated rings. The van der Waals surface area contributed by atoms with Crippen molar-refractivity contribution in [1.29, 1.82) is 0 Å². The highest BCUT2D eigenvalue weighted by Gasteiger charge is 2.18. The van der Waals surface area contributed by atoms with Crippen molar-refractivity contribution in [3.05, 3.63) is 106 Å². The number of carbonyl (C=O) groups excluding carboxylic acids is 1. The molecule has 0 aliphatic rings. The molecule has 1 amide bonds. The Labute approximate surface area is 216 Å². The predicted octanol–water partition coefficient (Wildman–Crippen LogP) is 5.84. The molecule has 4 aromatic rings. The van der Waals surface area contributed by atoms with Crippen LogP contribution < -0.4 is 5.32 Å². The monoisotopic (exact) mass is 530 g/mol. The Kier molecular flexibility index (Phi) is 8.76. The van der Waals surface area contributed by atoms with E-state index >= 15 is 0 Å². The highest BCUT2D eigenvalue weighted by Crippen LogP contribution is 2.30. The van der Waals surface area contributed by atoms with Crippen LogP contribution in [0.2, 0.25) is 10.0 Å². The first-order valence-electron chi connectivity index (χ1n) is 10.6. The van der Waals surface area contributed by atoms with Crippen LogP contribution in [0.4, 0.5) is 4.39 Å². The summed E-state index contributed by atoms with van der Waals surface area (Å²) in [4.78, 5) is 12.3. The number of amides is 1. The molecule has 0 aliphatic heterocycles. The van der Waals surface area contributed by atoms with Crippen molar-refractivity contribution in [3.63, 3.8) is 0 Å². The van der Waals surface area contributed by atoms with Crippen molar-refractivity contribution < 1.29 is 13.9 Å². The van der Waals surface area contributed by atoms with Crippen molar-refractivity contribution in [2.45, 2.75) is 24.1 Å². The summed E-state index contributed by atoms with van der Waals surface area (Å²) in [7, 11) is 0. The third kappa shape index (κ3) is 7.05. The quantitative estimate of drug-likeness (QED) is 0.261. The number of nitrogens with zero attached hydrogens (tertiary/aromatic N) is 3. The van der Waals surface area contributed by atoms with Gasteiger partial charge in [0.1, 0.15) is 12.4 Å². The summed E-state index contributed by atoms with van der Waals surface area (Å²) < 4.78 is 20.5. The van der Waals surface area contributed by atoms with E-state index in [4.69, 9.17) is 27.9 Å². The Morgan fingerprint density at radius 1 is 1.00 bits per heavy atom. The number of rotatable bonds is 10. The van der Waals surface area contributed by atoms with Gasteiger partial charge in [0, 0.05) is 10.8 Å². The summed E-state index contributed by atoms with van der Waals surface area (Å²) in [6.45, 7) is 0.377. The van der Waals surface area contributed by atoms with Crippen LogP contribution >= 0.6 is 35.0 Å². The van der Waals surface area contributed by atoms with Crippen molar-refractivity contribution in [2.24, 2.45) is 0 Å². The normalized spacial score (nSPS) is 10.9. The number of halogens is 3. The molecule has 1 N–H and O–H groups in total. The topological polar surface area (TPSA) is 69.0 Å². The zero-order valence-electron chi connectivity index (χ0n) is 18.5. The minimum atomic E-state index is -0.291. The van der Waals surface area contributed by atoms with Gasteiger partial charge in [-0.3, -0.25) is 9.36 Å². The van der Waals surface area contributed by atoms with Gasteiger partial charge >= 0.3 is 0 Å². The lowest BCUT2D eigenvalue weighted by molar-refractivity contribution is -0.126. The van der Waals surface area contributed by atoms with Gasteiger partial charge in [-0.05, 0) is 41.5 Å². The van der Waals surface area contributed by atoms with Gasteiger partial charge in [-0.25, -0.2) is 4.39 Å². The van der Waals surface area contributed by atoms with Crippen LogP contribution in [0.15, 0.2) is 78.0 Å². The number of aromatic nitrogens is 3. The molecular formula is C25H21Cl2FN4O2S. The van der Waals surface area contributed by atoms with Crippen LogP contribution in [0.25, 0.3) is 5.69 Å². The van der Waals surface area contributed by atoms with Gasteiger partial charge in [0.2, 0.25) is 5.91 Å². The fraction of sp³-hybridized carbons (Fsp3) is 0.160. The van der Waals surface area contributed by atoms with E-state index in [1.54, 1.807) is 34.9 Å². The number of hydrogen-bond donors (Lipinski definition) is 1. The highest BCUT2D eigenvalue weighted by atomic mass is 35.5. The molecule has 10 heteroatoms. The largest absolute Gasteiger partial charge is 0.367 e. The molecule has 0 saturated carbocycles. The minimum absolute atomic E-state index is 0.0864. The van der Waals surface area contributed by atoms with Crippen LogP contribution in [-0.4, -0.2) is 27.3 Å². The maximum atomic E-state index is 13.2. The van der Waals surface area contributed by atoms with E-state index in [9.17, 15) is 9.18 Å². The van der Waals surface area contributed by atoms with E-state index in [1.807, 2.05) is 30.3 Å². The number of hydrogen-bond acceptors (Lipinski definition) is 5. The molecule has 0 spiro atoms. The minimum Gasteiger partial charge on any atom is -0.367 e. The summed E-state index contributed by atoms with van der Waals surface area (Å²) in [6.07, 6.45) is 0. The Bertz CT molecular complexity index is 1290. The average molecular weight is 531 g/mol. The van der Waals surface area contributed by atoms with E-state index in [0.29, 0.717) is 39.1 Å². The lowest BCUT2D eigenvalue weighted by Crippen LogP contribution is -2.28. The fourth-order valence-electron chi connectivity index (χ4n) is 3.21. The first-order valence-corrected chi connectivity index (χ1v) is 12.4. The van der Waals surface area contributed by atoms with Crippen LogP contribution in [0.1, 0.15) is 17.0 Å². The summed E-state index contributed by atoms with van der Waals surface area (Å²) in [5.74, 6) is 0.467. The molecule has 4 rings (SSSR count). The van der Waals surface area contributed by atoms with Gasteiger partial charge in [0.25, 0.3) is 0 Å². The van der Waals surface area contributed by atoms with E-state index in [-0.39, 0.29) is 24.9 Å². The molecular weight excluding hydrogens is 510 g/mol. The van der Waals surface area contributed by atoms with Crippen LogP contribution in [0.5, 0.6) is 0 Å². The highest BCUT2D eigenvalue weighted by molar-refractivity contribution is 7.98. The second kappa shape index (κ2) is 12.2. The maximum absolute atomic E-state index is 13.2. The Morgan fingerprint density at radius 3 is 2.51 bits per heavy atom. The van der Waals surface area contributed by atoms with E-state index in [0.717, 1.165) is 11.1 Å². The van der Waals surface area contributed by atoms with Crippen molar-refractivity contribution >= 4 is 40.9 Å². The molecule has 1 heterocycles. The molecule has 180 valence electrons. The molecule has 0 unspecified atom stereocenters. The molecule has 1 aromatic heterocycles. The first kappa shape index (κ1) is 25.2. The molecule has 0 atom stereocenters. The van der Waals surface area contributed by atoms with Crippen molar-refractivity contribution in [3.8, 4) is 5.69 Å². The van der Waals surface area contributed by atoms with Crippen LogP contribution in [0.3, 0.4) is 0 Å². The van der Waals surface area contributed by atoms with Gasteiger partial charge in [-0.2, -0.15) is 0 Å². The number of benzene rings is 3. The zero-order valence-corrected chi connectivity index (χ0v) is 20.8. The van der Waals surface area contributed by atoms with Crippen LogP contribution in [-0.2, 0) is 28.4 Å². The second-order valence-electron chi connectivity index (χ2n) is 7.50. The van der Waals surface area contributed by atoms with Gasteiger partial charge in [-0.15, -0.1) is 10.2 Å². The van der Waals surface area contributed by atoms with Crippen molar-refractivity contribution in [1.82, 2.24) is 20.1 Å². The van der Waals surface area contributed by atoms with Gasteiger partial charge < -0.3 is 10.1 Å². The van der Waals surface area contributed by atoms with Gasteiger partial charge in [0.15, 0.2) is 11.0 Å². The smallest absolute Gasteiger partial charge is 0.246 e. The van der Waals surface area contributed by atoms with Crippen LogP contribution in [0, 0.1) is 5.82 Å². The second-order valence-corrected chi connectivity index (χ2v) is 9.29. The molecule has 35 heavy (non-hydrogen) atoms. The lowest BCUT2D eigenvalue weighted by Gasteiger charge is -2.13. The van der Waals surface area contributed by atoms with E-state index in [1.165, 1.54) is 23.9 Å². The van der Waals surface area contributed by atoms with Gasteiger partial charge in [-0.1, -0.05) is 77.4 Å². The average Bonchev–Trinajstić information content (AvgIpc) is 3.25. The van der Waals surface area contributed by atoms with Crippen molar-refractivity contribution in [2.75, 3.05) is 6.61 Å². The van der Waals surface area contributed by atoms with E-state index in [2.05, 4.69) is 15.5 Å². The summed E-state index contributed by atoms with van der Waals surface area (Å²) in [6, 6.07) is 21.0. The Balaban J connectivity index is 1.45. The lowest BCUT2D eigenvalue weighted by atomic mass is 10.2. The fourth-order valence-corrected chi connectivity index (χ4v) is 4.62.